The van der Waals surface area contributed by atoms with Crippen LogP contribution in [0.5, 0.6) is 0 Å². The highest BCUT2D eigenvalue weighted by molar-refractivity contribution is 6.03. The summed E-state index contributed by atoms with van der Waals surface area (Å²) in [6, 6.07) is 3.58. The van der Waals surface area contributed by atoms with Gasteiger partial charge >= 0.3 is 5.97 Å². The molecule has 1 aromatic rings. The van der Waals surface area contributed by atoms with Crippen LogP contribution in [0.15, 0.2) is 24.5 Å². The summed E-state index contributed by atoms with van der Waals surface area (Å²) in [5, 5.41) is 0. The predicted octanol–water partition coefficient (Wildman–Crippen LogP) is 1.78. The Morgan fingerprint density at radius 1 is 1.41 bits per heavy atom. The topological polar surface area (TPSA) is 56.3 Å². The zero-order valence-electron chi connectivity index (χ0n) is 10.4. The average molecular weight is 235 g/mol. The SMILES string of the molecule is CCOC(=O)C(C)(C)C(=O)Cc1cccnc1. The molecule has 0 atom stereocenters. The number of pyridine rings is 1. The zero-order valence-corrected chi connectivity index (χ0v) is 10.4. The normalized spacial score (nSPS) is 11.0. The molecule has 0 aliphatic heterocycles. The first kappa shape index (κ1) is 13.4. The van der Waals surface area contributed by atoms with Gasteiger partial charge in [-0.05, 0) is 32.4 Å². The molecule has 0 amide bonds. The molecule has 0 unspecified atom stereocenters. The maximum atomic E-state index is 12.0. The summed E-state index contributed by atoms with van der Waals surface area (Å²) in [5.41, 5.74) is -0.304. The number of carbonyl (C=O) groups is 2. The summed E-state index contributed by atoms with van der Waals surface area (Å²) in [6.45, 7) is 5.18. The van der Waals surface area contributed by atoms with Crippen LogP contribution in [0.25, 0.3) is 0 Å². The highest BCUT2D eigenvalue weighted by atomic mass is 16.5. The van der Waals surface area contributed by atoms with Gasteiger partial charge in [-0.2, -0.15) is 0 Å². The van der Waals surface area contributed by atoms with Gasteiger partial charge in [0.15, 0.2) is 5.78 Å². The minimum Gasteiger partial charge on any atom is -0.465 e. The minimum atomic E-state index is -1.11. The van der Waals surface area contributed by atoms with Crippen LogP contribution in [0.1, 0.15) is 26.3 Å². The number of hydrogen-bond acceptors (Lipinski definition) is 4. The minimum absolute atomic E-state index is 0.163. The molecule has 0 saturated heterocycles. The van der Waals surface area contributed by atoms with Gasteiger partial charge in [-0.1, -0.05) is 6.07 Å². The molecule has 17 heavy (non-hydrogen) atoms. The molecule has 4 heteroatoms. The van der Waals surface area contributed by atoms with Crippen LogP contribution in [0.4, 0.5) is 0 Å². The van der Waals surface area contributed by atoms with E-state index in [2.05, 4.69) is 4.98 Å². The number of carbonyl (C=O) groups excluding carboxylic acids is 2. The van der Waals surface area contributed by atoms with Crippen molar-refractivity contribution in [2.24, 2.45) is 5.41 Å². The second-order valence-electron chi connectivity index (χ2n) is 4.31. The van der Waals surface area contributed by atoms with Gasteiger partial charge in [0.25, 0.3) is 0 Å². The van der Waals surface area contributed by atoms with E-state index < -0.39 is 11.4 Å². The molecule has 0 radical (unpaired) electrons. The predicted molar refractivity (Wildman–Crippen MR) is 63.4 cm³/mol. The average Bonchev–Trinajstić information content (AvgIpc) is 2.30. The molecule has 0 fully saturated rings. The summed E-state index contributed by atoms with van der Waals surface area (Å²) < 4.78 is 4.89. The van der Waals surface area contributed by atoms with Crippen LogP contribution >= 0.6 is 0 Å². The zero-order chi connectivity index (χ0) is 12.9. The van der Waals surface area contributed by atoms with Crippen molar-refractivity contribution in [1.29, 1.82) is 0 Å². The number of Topliss-reactive ketones (excluding diaryl/α,β-unsaturated/α-hetero) is 1. The third-order valence-corrected chi connectivity index (χ3v) is 2.57. The maximum absolute atomic E-state index is 12.0. The number of ether oxygens (including phenoxy) is 1. The monoisotopic (exact) mass is 235 g/mol. The van der Waals surface area contributed by atoms with Gasteiger partial charge in [0.05, 0.1) is 6.61 Å². The first-order valence-electron chi connectivity index (χ1n) is 5.58. The lowest BCUT2D eigenvalue weighted by atomic mass is 9.85. The molecule has 1 heterocycles. The van der Waals surface area contributed by atoms with E-state index in [1.54, 1.807) is 39.2 Å². The van der Waals surface area contributed by atoms with Gasteiger partial charge in [-0.15, -0.1) is 0 Å². The van der Waals surface area contributed by atoms with Crippen LogP contribution in [-0.4, -0.2) is 23.3 Å². The molecule has 0 aromatic carbocycles. The van der Waals surface area contributed by atoms with Crippen LogP contribution < -0.4 is 0 Å². The quantitative estimate of drug-likeness (QED) is 0.576. The van der Waals surface area contributed by atoms with Crippen LogP contribution in [0, 0.1) is 5.41 Å². The van der Waals surface area contributed by atoms with Gasteiger partial charge in [0.1, 0.15) is 5.41 Å². The first-order chi connectivity index (χ1) is 7.98. The van der Waals surface area contributed by atoms with Crippen molar-refractivity contribution in [3.63, 3.8) is 0 Å². The molecule has 92 valence electrons. The standard InChI is InChI=1S/C13H17NO3/c1-4-17-12(16)13(2,3)11(15)8-10-6-5-7-14-9-10/h5-7,9H,4,8H2,1-3H3. The van der Waals surface area contributed by atoms with E-state index in [1.165, 1.54) is 0 Å². The van der Waals surface area contributed by atoms with E-state index in [-0.39, 0.29) is 18.8 Å². The van der Waals surface area contributed by atoms with Crippen molar-refractivity contribution in [1.82, 2.24) is 4.98 Å². The highest BCUT2D eigenvalue weighted by Crippen LogP contribution is 2.21. The molecule has 0 bridgehead atoms. The van der Waals surface area contributed by atoms with Crippen molar-refractivity contribution in [3.05, 3.63) is 30.1 Å². The maximum Gasteiger partial charge on any atom is 0.319 e. The van der Waals surface area contributed by atoms with Gasteiger partial charge in [-0.25, -0.2) is 0 Å². The van der Waals surface area contributed by atoms with E-state index in [0.717, 1.165) is 5.56 Å². The Hall–Kier alpha value is -1.71. The fourth-order valence-electron chi connectivity index (χ4n) is 1.33. The summed E-state index contributed by atoms with van der Waals surface area (Å²) in [4.78, 5) is 27.6. The molecule has 4 nitrogen and oxygen atoms in total. The molecular formula is C13H17NO3. The molecular weight excluding hydrogens is 218 g/mol. The van der Waals surface area contributed by atoms with Crippen LogP contribution in [0.2, 0.25) is 0 Å². The Morgan fingerprint density at radius 2 is 2.12 bits per heavy atom. The molecule has 0 N–H and O–H groups in total. The Morgan fingerprint density at radius 3 is 2.65 bits per heavy atom. The highest BCUT2D eigenvalue weighted by Gasteiger charge is 2.36. The van der Waals surface area contributed by atoms with E-state index in [9.17, 15) is 9.59 Å². The smallest absolute Gasteiger partial charge is 0.319 e. The number of ketones is 1. The fraction of sp³-hybridized carbons (Fsp3) is 0.462. The lowest BCUT2D eigenvalue weighted by Gasteiger charge is -2.20. The molecule has 0 aliphatic carbocycles. The van der Waals surface area contributed by atoms with E-state index in [1.807, 2.05) is 6.07 Å². The number of nitrogens with zero attached hydrogens (tertiary/aromatic N) is 1. The van der Waals surface area contributed by atoms with E-state index in [0.29, 0.717) is 0 Å². The Bertz CT molecular complexity index is 398. The summed E-state index contributed by atoms with van der Waals surface area (Å²) in [7, 11) is 0. The van der Waals surface area contributed by atoms with Crippen molar-refractivity contribution >= 4 is 11.8 Å². The van der Waals surface area contributed by atoms with Gasteiger partial charge in [-0.3, -0.25) is 14.6 Å². The lowest BCUT2D eigenvalue weighted by molar-refractivity contribution is -0.157. The summed E-state index contributed by atoms with van der Waals surface area (Å²) >= 11 is 0. The van der Waals surface area contributed by atoms with Crippen LogP contribution in [0.3, 0.4) is 0 Å². The Kier molecular flexibility index (Phi) is 4.37. The van der Waals surface area contributed by atoms with Crippen molar-refractivity contribution in [2.45, 2.75) is 27.2 Å². The van der Waals surface area contributed by atoms with E-state index in [4.69, 9.17) is 4.74 Å². The summed E-state index contributed by atoms with van der Waals surface area (Å²) in [6.07, 6.45) is 3.46. The molecule has 1 aromatic heterocycles. The second-order valence-corrected chi connectivity index (χ2v) is 4.31. The number of hydrogen-bond donors (Lipinski definition) is 0. The van der Waals surface area contributed by atoms with Crippen molar-refractivity contribution < 1.29 is 14.3 Å². The number of rotatable bonds is 5. The third kappa shape index (κ3) is 3.37. The van der Waals surface area contributed by atoms with Gasteiger partial charge in [0, 0.05) is 18.8 Å². The Labute approximate surface area is 101 Å². The Balaban J connectivity index is 2.73. The van der Waals surface area contributed by atoms with Crippen molar-refractivity contribution in [2.75, 3.05) is 6.61 Å². The fourth-order valence-corrected chi connectivity index (χ4v) is 1.33. The molecule has 1 rings (SSSR count). The summed E-state index contributed by atoms with van der Waals surface area (Å²) in [5.74, 6) is -0.641. The largest absolute Gasteiger partial charge is 0.465 e. The first-order valence-corrected chi connectivity index (χ1v) is 5.58. The second kappa shape index (κ2) is 5.57. The van der Waals surface area contributed by atoms with Crippen LogP contribution in [-0.2, 0) is 20.7 Å². The van der Waals surface area contributed by atoms with Gasteiger partial charge in [0.2, 0.25) is 0 Å². The lowest BCUT2D eigenvalue weighted by Crippen LogP contribution is -2.36. The molecule has 0 saturated carbocycles. The van der Waals surface area contributed by atoms with E-state index >= 15 is 0 Å². The third-order valence-electron chi connectivity index (χ3n) is 2.57. The molecule has 0 spiro atoms. The number of esters is 1. The van der Waals surface area contributed by atoms with Crippen molar-refractivity contribution in [3.8, 4) is 0 Å². The number of aromatic nitrogens is 1. The molecule has 0 aliphatic rings. The van der Waals surface area contributed by atoms with Gasteiger partial charge < -0.3 is 4.74 Å².